The second kappa shape index (κ2) is 2.95. The molecule has 15 heavy (non-hydrogen) atoms. The average Bonchev–Trinajstić information content (AvgIpc) is 2.26. The van der Waals surface area contributed by atoms with Gasteiger partial charge in [-0.2, -0.15) is 0 Å². The molecular weight excluding hydrogens is 194 g/mol. The van der Waals surface area contributed by atoms with Gasteiger partial charge in [0.05, 0.1) is 12.2 Å². The van der Waals surface area contributed by atoms with E-state index in [1.54, 1.807) is 10.6 Å². The van der Waals surface area contributed by atoms with Crippen LogP contribution in [-0.2, 0) is 11.3 Å². The first-order valence-corrected chi connectivity index (χ1v) is 5.18. The number of carbonyl (C=O) groups is 1. The summed E-state index contributed by atoms with van der Waals surface area (Å²) in [5.41, 5.74) is 1.46. The van der Waals surface area contributed by atoms with E-state index in [1.807, 2.05) is 0 Å². The Morgan fingerprint density at radius 3 is 3.07 bits per heavy atom. The SMILES string of the molecule is O=C1OCC2CCCn3c2c1ccc3=O. The predicted octanol–water partition coefficient (Wildman–Crippen LogP) is 0.896. The first-order chi connectivity index (χ1) is 7.27. The maximum Gasteiger partial charge on any atom is 0.339 e. The molecule has 4 nitrogen and oxygen atoms in total. The fourth-order valence-corrected chi connectivity index (χ4v) is 2.49. The Labute approximate surface area is 86.5 Å². The van der Waals surface area contributed by atoms with Crippen LogP contribution in [0.25, 0.3) is 0 Å². The number of hydrogen-bond acceptors (Lipinski definition) is 3. The molecule has 0 radical (unpaired) electrons. The molecule has 0 spiro atoms. The standard InChI is InChI=1S/C11H11NO3/c13-9-4-3-8-10-7(6-15-11(8)14)2-1-5-12(9)10/h3-4,7H,1-2,5-6H2. The lowest BCUT2D eigenvalue weighted by molar-refractivity contribution is 0.0414. The van der Waals surface area contributed by atoms with Crippen LogP contribution in [0.4, 0.5) is 0 Å². The highest BCUT2D eigenvalue weighted by Gasteiger charge is 2.32. The van der Waals surface area contributed by atoms with E-state index in [0.717, 1.165) is 25.1 Å². The summed E-state index contributed by atoms with van der Waals surface area (Å²) in [5, 5.41) is 0. The smallest absolute Gasteiger partial charge is 0.339 e. The highest BCUT2D eigenvalue weighted by Crippen LogP contribution is 2.32. The lowest BCUT2D eigenvalue weighted by Crippen LogP contribution is -2.35. The van der Waals surface area contributed by atoms with Gasteiger partial charge in [0, 0.05) is 24.2 Å². The Morgan fingerprint density at radius 1 is 1.33 bits per heavy atom. The van der Waals surface area contributed by atoms with E-state index in [2.05, 4.69) is 0 Å². The van der Waals surface area contributed by atoms with Crippen molar-refractivity contribution >= 4 is 5.97 Å². The fourth-order valence-electron chi connectivity index (χ4n) is 2.49. The summed E-state index contributed by atoms with van der Waals surface area (Å²) < 4.78 is 6.81. The molecule has 1 aromatic heterocycles. The third-order valence-corrected chi connectivity index (χ3v) is 3.18. The zero-order valence-electron chi connectivity index (χ0n) is 8.23. The van der Waals surface area contributed by atoms with Crippen molar-refractivity contribution in [2.75, 3.05) is 6.61 Å². The van der Waals surface area contributed by atoms with Gasteiger partial charge < -0.3 is 9.30 Å². The van der Waals surface area contributed by atoms with Crippen LogP contribution in [-0.4, -0.2) is 17.1 Å². The highest BCUT2D eigenvalue weighted by molar-refractivity contribution is 5.91. The van der Waals surface area contributed by atoms with Crippen molar-refractivity contribution in [1.29, 1.82) is 0 Å². The maximum atomic E-state index is 11.6. The monoisotopic (exact) mass is 205 g/mol. The van der Waals surface area contributed by atoms with Gasteiger partial charge in [-0.15, -0.1) is 0 Å². The van der Waals surface area contributed by atoms with Gasteiger partial charge in [0.1, 0.15) is 0 Å². The van der Waals surface area contributed by atoms with Crippen LogP contribution in [0.3, 0.4) is 0 Å². The first-order valence-electron chi connectivity index (χ1n) is 5.18. The maximum absolute atomic E-state index is 11.6. The summed E-state index contributed by atoms with van der Waals surface area (Å²) in [4.78, 5) is 23.1. The zero-order valence-corrected chi connectivity index (χ0v) is 8.23. The molecule has 0 saturated carbocycles. The number of cyclic esters (lactones) is 1. The number of esters is 1. The summed E-state index contributed by atoms with van der Waals surface area (Å²) in [6.45, 7) is 1.15. The summed E-state index contributed by atoms with van der Waals surface area (Å²) >= 11 is 0. The fraction of sp³-hybridized carbons (Fsp3) is 0.455. The van der Waals surface area contributed by atoms with Gasteiger partial charge in [-0.1, -0.05) is 0 Å². The summed E-state index contributed by atoms with van der Waals surface area (Å²) in [6, 6.07) is 3.04. The number of nitrogens with zero attached hydrogens (tertiary/aromatic N) is 1. The van der Waals surface area contributed by atoms with Crippen LogP contribution >= 0.6 is 0 Å². The Morgan fingerprint density at radius 2 is 2.20 bits per heavy atom. The Hall–Kier alpha value is -1.58. The zero-order chi connectivity index (χ0) is 10.4. The van der Waals surface area contributed by atoms with E-state index >= 15 is 0 Å². The average molecular weight is 205 g/mol. The normalized spacial score (nSPS) is 23.2. The van der Waals surface area contributed by atoms with Gasteiger partial charge in [-0.05, 0) is 18.9 Å². The quantitative estimate of drug-likeness (QED) is 0.591. The molecule has 1 atom stereocenters. The Balaban J connectivity index is 2.32. The van der Waals surface area contributed by atoms with E-state index in [9.17, 15) is 9.59 Å². The van der Waals surface area contributed by atoms with Crippen molar-refractivity contribution in [2.24, 2.45) is 0 Å². The molecule has 0 aliphatic carbocycles. The van der Waals surface area contributed by atoms with Gasteiger partial charge in [0.2, 0.25) is 0 Å². The van der Waals surface area contributed by atoms with Crippen LogP contribution in [0.15, 0.2) is 16.9 Å². The Bertz CT molecular complexity index is 489. The molecule has 4 heteroatoms. The summed E-state index contributed by atoms with van der Waals surface area (Å²) in [5.74, 6) is -0.0720. The van der Waals surface area contributed by atoms with E-state index in [1.165, 1.54) is 6.07 Å². The summed E-state index contributed by atoms with van der Waals surface area (Å²) in [6.07, 6.45) is 1.99. The molecule has 0 aromatic carbocycles. The largest absolute Gasteiger partial charge is 0.461 e. The van der Waals surface area contributed by atoms with E-state index in [0.29, 0.717) is 12.2 Å². The molecule has 0 fully saturated rings. The van der Waals surface area contributed by atoms with E-state index in [-0.39, 0.29) is 17.4 Å². The molecule has 0 saturated heterocycles. The summed E-state index contributed by atoms with van der Waals surface area (Å²) in [7, 11) is 0. The van der Waals surface area contributed by atoms with Crippen LogP contribution in [0.2, 0.25) is 0 Å². The van der Waals surface area contributed by atoms with Crippen molar-refractivity contribution in [3.63, 3.8) is 0 Å². The Kier molecular flexibility index (Phi) is 1.71. The topological polar surface area (TPSA) is 48.3 Å². The van der Waals surface area contributed by atoms with Crippen LogP contribution < -0.4 is 5.56 Å². The third kappa shape index (κ3) is 1.14. The van der Waals surface area contributed by atoms with Crippen molar-refractivity contribution in [1.82, 2.24) is 4.57 Å². The molecule has 78 valence electrons. The van der Waals surface area contributed by atoms with Crippen LogP contribution in [0, 0.1) is 0 Å². The molecule has 2 aliphatic rings. The molecule has 0 bridgehead atoms. The minimum atomic E-state index is -0.295. The number of ether oxygens (including phenoxy) is 1. The van der Waals surface area contributed by atoms with Gasteiger partial charge in [0.25, 0.3) is 5.56 Å². The molecule has 1 unspecified atom stereocenters. The molecule has 3 rings (SSSR count). The minimum Gasteiger partial charge on any atom is -0.461 e. The van der Waals surface area contributed by atoms with Crippen LogP contribution in [0.5, 0.6) is 0 Å². The molecule has 3 heterocycles. The second-order valence-corrected chi connectivity index (χ2v) is 4.06. The van der Waals surface area contributed by atoms with Crippen molar-refractivity contribution in [3.8, 4) is 0 Å². The van der Waals surface area contributed by atoms with Gasteiger partial charge in [-0.3, -0.25) is 4.79 Å². The van der Waals surface area contributed by atoms with E-state index in [4.69, 9.17) is 4.74 Å². The molecule has 0 amide bonds. The number of rotatable bonds is 0. The number of hydrogen-bond donors (Lipinski definition) is 0. The molecule has 1 aromatic rings. The van der Waals surface area contributed by atoms with Crippen molar-refractivity contribution < 1.29 is 9.53 Å². The van der Waals surface area contributed by atoms with Crippen LogP contribution in [0.1, 0.15) is 34.8 Å². The second-order valence-electron chi connectivity index (χ2n) is 4.06. The molecule has 0 N–H and O–H groups in total. The highest BCUT2D eigenvalue weighted by atomic mass is 16.5. The molecule has 2 aliphatic heterocycles. The third-order valence-electron chi connectivity index (χ3n) is 3.18. The lowest BCUT2D eigenvalue weighted by Gasteiger charge is -2.31. The van der Waals surface area contributed by atoms with Crippen molar-refractivity contribution in [3.05, 3.63) is 33.7 Å². The first kappa shape index (κ1) is 8.71. The number of aromatic nitrogens is 1. The van der Waals surface area contributed by atoms with Gasteiger partial charge in [0.15, 0.2) is 0 Å². The number of carbonyl (C=O) groups excluding carboxylic acids is 1. The predicted molar refractivity (Wildman–Crippen MR) is 53.0 cm³/mol. The van der Waals surface area contributed by atoms with Gasteiger partial charge >= 0.3 is 5.97 Å². The lowest BCUT2D eigenvalue weighted by atomic mass is 9.90. The van der Waals surface area contributed by atoms with E-state index < -0.39 is 0 Å². The molecular formula is C11H11NO3. The van der Waals surface area contributed by atoms with Crippen molar-refractivity contribution in [2.45, 2.75) is 25.3 Å². The van der Waals surface area contributed by atoms with Gasteiger partial charge in [-0.25, -0.2) is 4.79 Å². The minimum absolute atomic E-state index is 0.00634. The number of pyridine rings is 1.